The van der Waals surface area contributed by atoms with Crippen LogP contribution in [0.5, 0.6) is 0 Å². The van der Waals surface area contributed by atoms with E-state index in [-0.39, 0.29) is 31.2 Å². The van der Waals surface area contributed by atoms with Crippen LogP contribution in [0.4, 0.5) is 0 Å². The Morgan fingerprint density at radius 2 is 1.78 bits per heavy atom. The molecule has 1 saturated heterocycles. The van der Waals surface area contributed by atoms with Crippen molar-refractivity contribution in [2.45, 2.75) is 77.5 Å². The maximum absolute atomic E-state index is 11.9. The Balaban J connectivity index is 2.56. The van der Waals surface area contributed by atoms with Gasteiger partial charge >= 0.3 is 5.97 Å². The molecule has 1 heterocycles. The second-order valence-corrected chi connectivity index (χ2v) is 8.86. The number of esters is 1. The van der Waals surface area contributed by atoms with Crippen molar-refractivity contribution < 1.29 is 31.6 Å². The van der Waals surface area contributed by atoms with Gasteiger partial charge in [0.25, 0.3) is 10.1 Å². The fourth-order valence-corrected chi connectivity index (χ4v) is 2.82. The van der Waals surface area contributed by atoms with Crippen molar-refractivity contribution in [3.63, 3.8) is 0 Å². The Morgan fingerprint density at radius 1 is 1.22 bits per heavy atom. The van der Waals surface area contributed by atoms with Crippen molar-refractivity contribution in [3.05, 3.63) is 0 Å². The average Bonchev–Trinajstić information content (AvgIpc) is 2.21. The van der Waals surface area contributed by atoms with Gasteiger partial charge in [0.15, 0.2) is 5.79 Å². The van der Waals surface area contributed by atoms with E-state index in [0.717, 1.165) is 6.26 Å². The Kier molecular flexibility index (Phi) is 6.60. The van der Waals surface area contributed by atoms with Gasteiger partial charge < -0.3 is 14.2 Å². The van der Waals surface area contributed by atoms with Crippen LogP contribution in [0.3, 0.4) is 0 Å². The van der Waals surface area contributed by atoms with E-state index in [2.05, 4.69) is 0 Å². The molecule has 0 aromatic carbocycles. The van der Waals surface area contributed by atoms with Gasteiger partial charge in [0.2, 0.25) is 0 Å². The van der Waals surface area contributed by atoms with Crippen molar-refractivity contribution in [1.29, 1.82) is 0 Å². The zero-order valence-corrected chi connectivity index (χ0v) is 15.6. The van der Waals surface area contributed by atoms with Gasteiger partial charge in [0.1, 0.15) is 5.60 Å². The number of hydrogen-bond donors (Lipinski definition) is 0. The molecule has 0 N–H and O–H groups in total. The lowest BCUT2D eigenvalue weighted by Gasteiger charge is -2.40. The first-order chi connectivity index (χ1) is 10.3. The molecule has 0 bridgehead atoms. The summed E-state index contributed by atoms with van der Waals surface area (Å²) >= 11 is 0. The van der Waals surface area contributed by atoms with Crippen molar-refractivity contribution >= 4 is 16.1 Å². The van der Waals surface area contributed by atoms with Gasteiger partial charge in [0, 0.05) is 6.42 Å². The fraction of sp³-hybridized carbons (Fsp3) is 0.933. The van der Waals surface area contributed by atoms with Crippen LogP contribution in [-0.4, -0.2) is 50.8 Å². The molecule has 2 atom stereocenters. The molecule has 1 fully saturated rings. The van der Waals surface area contributed by atoms with Gasteiger partial charge in [-0.15, -0.1) is 0 Å². The number of carbonyl (C=O) groups excluding carboxylic acids is 1. The van der Waals surface area contributed by atoms with Crippen molar-refractivity contribution in [3.8, 4) is 0 Å². The quantitative estimate of drug-likeness (QED) is 0.533. The van der Waals surface area contributed by atoms with Crippen molar-refractivity contribution in [1.82, 2.24) is 0 Å². The van der Waals surface area contributed by atoms with Crippen molar-refractivity contribution in [2.24, 2.45) is 0 Å². The molecule has 2 unspecified atom stereocenters. The lowest BCUT2D eigenvalue weighted by molar-refractivity contribution is -0.301. The van der Waals surface area contributed by atoms with Crippen LogP contribution in [0, 0.1) is 0 Å². The van der Waals surface area contributed by atoms with E-state index in [1.54, 1.807) is 13.8 Å². The topological polar surface area (TPSA) is 88.1 Å². The van der Waals surface area contributed by atoms with E-state index in [1.807, 2.05) is 20.8 Å². The van der Waals surface area contributed by atoms with Gasteiger partial charge in [-0.2, -0.15) is 8.42 Å². The van der Waals surface area contributed by atoms with Crippen LogP contribution in [-0.2, 0) is 33.3 Å². The molecule has 0 saturated carbocycles. The molecular formula is C15H28O7S. The predicted molar refractivity (Wildman–Crippen MR) is 84.3 cm³/mol. The molecule has 23 heavy (non-hydrogen) atoms. The third kappa shape index (κ3) is 9.24. The third-order valence-electron chi connectivity index (χ3n) is 2.98. The maximum Gasteiger partial charge on any atom is 0.308 e. The van der Waals surface area contributed by atoms with E-state index < -0.39 is 21.5 Å². The van der Waals surface area contributed by atoms with Crippen LogP contribution < -0.4 is 0 Å². The lowest BCUT2D eigenvalue weighted by Crippen LogP contribution is -2.46. The summed E-state index contributed by atoms with van der Waals surface area (Å²) < 4.78 is 43.5. The first kappa shape index (κ1) is 20.3. The van der Waals surface area contributed by atoms with Crippen molar-refractivity contribution in [2.75, 3.05) is 12.9 Å². The summed E-state index contributed by atoms with van der Waals surface area (Å²) in [6.07, 6.45) is 1.45. The number of hydrogen-bond acceptors (Lipinski definition) is 7. The normalized spacial score (nSPS) is 25.1. The molecule has 0 radical (unpaired) electrons. The third-order valence-corrected chi connectivity index (χ3v) is 3.57. The van der Waals surface area contributed by atoms with Crippen LogP contribution >= 0.6 is 0 Å². The van der Waals surface area contributed by atoms with Gasteiger partial charge in [-0.25, -0.2) is 0 Å². The molecule has 0 amide bonds. The van der Waals surface area contributed by atoms with E-state index in [4.69, 9.17) is 18.4 Å². The fourth-order valence-electron chi connectivity index (χ4n) is 2.42. The minimum absolute atomic E-state index is 0.0404. The highest BCUT2D eigenvalue weighted by molar-refractivity contribution is 7.85. The summed E-state index contributed by atoms with van der Waals surface area (Å²) in [6.45, 7) is 9.00. The van der Waals surface area contributed by atoms with Crippen LogP contribution in [0.15, 0.2) is 0 Å². The molecule has 1 rings (SSSR count). The summed E-state index contributed by atoms with van der Waals surface area (Å²) in [4.78, 5) is 11.9. The predicted octanol–water partition coefficient (Wildman–Crippen LogP) is 1.99. The SMILES string of the molecule is CC(C)(C)OC(=O)CC1CC(CCOS(C)(=O)=O)OC(C)(C)O1. The van der Waals surface area contributed by atoms with E-state index >= 15 is 0 Å². The maximum atomic E-state index is 11.9. The van der Waals surface area contributed by atoms with Gasteiger partial charge in [-0.1, -0.05) is 0 Å². The molecule has 0 aromatic heterocycles. The zero-order valence-electron chi connectivity index (χ0n) is 14.7. The Bertz CT molecular complexity index is 504. The number of carbonyl (C=O) groups is 1. The van der Waals surface area contributed by atoms with E-state index in [9.17, 15) is 13.2 Å². The zero-order chi connectivity index (χ0) is 17.9. The summed E-state index contributed by atoms with van der Waals surface area (Å²) in [5.74, 6) is -1.17. The smallest absolute Gasteiger partial charge is 0.308 e. The average molecular weight is 352 g/mol. The van der Waals surface area contributed by atoms with Crippen LogP contribution in [0.25, 0.3) is 0 Å². The monoisotopic (exact) mass is 352 g/mol. The molecule has 1 aliphatic heterocycles. The molecule has 0 aliphatic carbocycles. The lowest BCUT2D eigenvalue weighted by atomic mass is 10.0. The summed E-state index contributed by atoms with van der Waals surface area (Å²) in [7, 11) is -3.47. The molecule has 0 spiro atoms. The second-order valence-electron chi connectivity index (χ2n) is 7.22. The van der Waals surface area contributed by atoms with Gasteiger partial charge in [-0.3, -0.25) is 8.98 Å². The molecule has 8 heteroatoms. The van der Waals surface area contributed by atoms with E-state index in [1.165, 1.54) is 0 Å². The first-order valence-electron chi connectivity index (χ1n) is 7.68. The molecule has 1 aliphatic rings. The van der Waals surface area contributed by atoms with Gasteiger partial charge in [0.05, 0.1) is 31.5 Å². The summed E-state index contributed by atoms with van der Waals surface area (Å²) in [5.41, 5.74) is -0.541. The highest BCUT2D eigenvalue weighted by Gasteiger charge is 2.37. The van der Waals surface area contributed by atoms with E-state index in [0.29, 0.717) is 12.8 Å². The number of rotatable bonds is 6. The Morgan fingerprint density at radius 3 is 2.30 bits per heavy atom. The molecule has 0 aromatic rings. The highest BCUT2D eigenvalue weighted by Crippen LogP contribution is 2.30. The second kappa shape index (κ2) is 7.46. The van der Waals surface area contributed by atoms with Crippen LogP contribution in [0.1, 0.15) is 53.9 Å². The molecular weight excluding hydrogens is 324 g/mol. The largest absolute Gasteiger partial charge is 0.460 e. The standard InChI is InChI=1S/C15H28O7S/c1-14(2,3)22-13(16)10-12-9-11(20-15(4,5)21-12)7-8-19-23(6,17)18/h11-12H,7-10H2,1-6H3. The minimum atomic E-state index is -3.47. The van der Waals surface area contributed by atoms with Crippen LogP contribution in [0.2, 0.25) is 0 Å². The first-order valence-corrected chi connectivity index (χ1v) is 9.49. The summed E-state index contributed by atoms with van der Waals surface area (Å²) in [5, 5.41) is 0. The van der Waals surface area contributed by atoms with Gasteiger partial charge in [-0.05, 0) is 41.0 Å². The summed E-state index contributed by atoms with van der Waals surface area (Å²) in [6, 6.07) is 0. The molecule has 136 valence electrons. The minimum Gasteiger partial charge on any atom is -0.460 e. The Labute approximate surface area is 138 Å². The Hall–Kier alpha value is -0.700. The molecule has 7 nitrogen and oxygen atoms in total. The number of ether oxygens (including phenoxy) is 3. The highest BCUT2D eigenvalue weighted by atomic mass is 32.2.